The smallest absolute Gasteiger partial charge is 0.444 e. The first-order valence-corrected chi connectivity index (χ1v) is 15.7. The summed E-state index contributed by atoms with van der Waals surface area (Å²) in [4.78, 5) is 12.8. The Morgan fingerprint density at radius 1 is 1.11 bits per heavy atom. The fourth-order valence-electron chi connectivity index (χ4n) is 3.41. The molecule has 1 aliphatic carbocycles. The molecule has 0 saturated heterocycles. The van der Waals surface area contributed by atoms with Crippen LogP contribution in [0.3, 0.4) is 0 Å². The maximum Gasteiger partial charge on any atom is 0.534 e. The fourth-order valence-corrected chi connectivity index (χ4v) is 4.97. The zero-order chi connectivity index (χ0) is 27.1. The van der Waals surface area contributed by atoms with Crippen LogP contribution in [0.5, 0.6) is 5.75 Å². The molecule has 0 bridgehead atoms. The van der Waals surface area contributed by atoms with E-state index in [-0.39, 0.29) is 23.6 Å². The van der Waals surface area contributed by atoms with E-state index < -0.39 is 46.9 Å². The molecule has 0 aromatic heterocycles. The van der Waals surface area contributed by atoms with Gasteiger partial charge in [-0.3, -0.25) is 0 Å². The van der Waals surface area contributed by atoms with E-state index in [0.29, 0.717) is 18.4 Å². The van der Waals surface area contributed by atoms with Crippen molar-refractivity contribution < 1.29 is 39.7 Å². The van der Waals surface area contributed by atoms with Crippen LogP contribution in [0.2, 0.25) is 18.1 Å². The molecule has 1 aromatic carbocycles. The van der Waals surface area contributed by atoms with E-state index in [4.69, 9.17) is 9.16 Å². The lowest BCUT2D eigenvalue weighted by Gasteiger charge is -2.44. The van der Waals surface area contributed by atoms with Crippen LogP contribution < -0.4 is 9.50 Å². The van der Waals surface area contributed by atoms with Crippen LogP contribution in [0.1, 0.15) is 59.1 Å². The molecular formula is C23H36F3NO6SSi. The second-order valence-corrected chi connectivity index (χ2v) is 17.9. The number of amides is 1. The van der Waals surface area contributed by atoms with Crippen LogP contribution in [0.4, 0.5) is 18.0 Å². The van der Waals surface area contributed by atoms with Gasteiger partial charge in [0, 0.05) is 12.0 Å². The molecule has 12 heteroatoms. The van der Waals surface area contributed by atoms with E-state index >= 15 is 0 Å². The Morgan fingerprint density at radius 2 is 1.71 bits per heavy atom. The fraction of sp³-hybridized carbons (Fsp3) is 0.696. The van der Waals surface area contributed by atoms with Crippen LogP contribution in [0.15, 0.2) is 18.2 Å². The summed E-state index contributed by atoms with van der Waals surface area (Å²) >= 11 is 0. The molecule has 0 aliphatic heterocycles. The molecule has 1 unspecified atom stereocenters. The number of rotatable bonds is 6. The molecule has 2 rings (SSSR count). The van der Waals surface area contributed by atoms with Gasteiger partial charge in [0.25, 0.3) is 0 Å². The Balaban J connectivity index is 2.46. The van der Waals surface area contributed by atoms with Crippen molar-refractivity contribution in [2.24, 2.45) is 0 Å². The number of alkyl carbamates (subject to hydrolysis) is 1. The van der Waals surface area contributed by atoms with E-state index in [9.17, 15) is 26.4 Å². The Kier molecular flexibility index (Phi) is 8.06. The van der Waals surface area contributed by atoms with Gasteiger partial charge in [0.2, 0.25) is 0 Å². The van der Waals surface area contributed by atoms with E-state index in [1.54, 1.807) is 26.8 Å². The predicted octanol–water partition coefficient (Wildman–Crippen LogP) is 5.69. The summed E-state index contributed by atoms with van der Waals surface area (Å²) in [6.07, 6.45) is 0.110. The number of halogens is 3. The minimum atomic E-state index is -5.86. The number of hydrogen-bond acceptors (Lipinski definition) is 6. The van der Waals surface area contributed by atoms with Gasteiger partial charge in [-0.15, -0.1) is 0 Å². The monoisotopic (exact) mass is 539 g/mol. The van der Waals surface area contributed by atoms with Crippen LogP contribution in [0.25, 0.3) is 0 Å². The third-order valence-corrected chi connectivity index (χ3v) is 11.8. The number of aryl methyl sites for hydroxylation is 1. The van der Waals surface area contributed by atoms with Crippen LogP contribution in [-0.2, 0) is 32.1 Å². The summed E-state index contributed by atoms with van der Waals surface area (Å²) < 4.78 is 78.8. The molecule has 7 nitrogen and oxygen atoms in total. The topological polar surface area (TPSA) is 90.9 Å². The van der Waals surface area contributed by atoms with E-state index in [1.165, 1.54) is 12.1 Å². The SMILES string of the molecule is CC(C)(C)OC(=O)NC1(CO[Si](C)(C)C(C)(C)C)CCc2cccc(OS(=O)(=O)C(F)(F)F)c2C1. The van der Waals surface area contributed by atoms with Gasteiger partial charge in [-0.05, 0) is 63.4 Å². The number of carbonyl (C=O) groups excluding carboxylic acids is 1. The highest BCUT2D eigenvalue weighted by Gasteiger charge is 2.49. The van der Waals surface area contributed by atoms with Crippen molar-refractivity contribution in [1.82, 2.24) is 5.32 Å². The van der Waals surface area contributed by atoms with Crippen LogP contribution in [-0.4, -0.2) is 46.1 Å². The Labute approximate surface area is 207 Å². The highest BCUT2D eigenvalue weighted by Crippen LogP contribution is 2.40. The number of fused-ring (bicyclic) bond motifs is 1. The van der Waals surface area contributed by atoms with Gasteiger partial charge in [0.1, 0.15) is 11.4 Å². The molecule has 0 fully saturated rings. The Hall–Kier alpha value is -1.79. The zero-order valence-electron chi connectivity index (χ0n) is 21.6. The summed E-state index contributed by atoms with van der Waals surface area (Å²) in [6, 6.07) is 4.33. The third-order valence-electron chi connectivity index (χ3n) is 6.38. The molecule has 0 radical (unpaired) electrons. The second-order valence-electron chi connectivity index (χ2n) is 11.5. The highest BCUT2D eigenvalue weighted by molar-refractivity contribution is 7.88. The van der Waals surface area contributed by atoms with Crippen molar-refractivity contribution in [2.45, 2.75) is 95.6 Å². The van der Waals surface area contributed by atoms with Crippen molar-refractivity contribution in [3.05, 3.63) is 29.3 Å². The van der Waals surface area contributed by atoms with Gasteiger partial charge in [0.05, 0.1) is 12.1 Å². The molecule has 1 N–H and O–H groups in total. The summed E-state index contributed by atoms with van der Waals surface area (Å²) in [5.41, 5.74) is -6.45. The second kappa shape index (κ2) is 9.58. The number of benzene rings is 1. The van der Waals surface area contributed by atoms with Crippen molar-refractivity contribution in [1.29, 1.82) is 0 Å². The first-order valence-electron chi connectivity index (χ1n) is 11.3. The van der Waals surface area contributed by atoms with Crippen molar-refractivity contribution in [3.63, 3.8) is 0 Å². The molecule has 0 heterocycles. The number of nitrogens with one attached hydrogen (secondary N) is 1. The molecule has 200 valence electrons. The maximum atomic E-state index is 13.0. The van der Waals surface area contributed by atoms with Gasteiger partial charge < -0.3 is 18.7 Å². The van der Waals surface area contributed by atoms with Gasteiger partial charge in [-0.2, -0.15) is 21.6 Å². The van der Waals surface area contributed by atoms with Gasteiger partial charge in [-0.25, -0.2) is 4.79 Å². The summed E-state index contributed by atoms with van der Waals surface area (Å²) in [5.74, 6) is -0.415. The van der Waals surface area contributed by atoms with Crippen LogP contribution in [0, 0.1) is 0 Å². The van der Waals surface area contributed by atoms with E-state index in [1.807, 2.05) is 0 Å². The Bertz CT molecular complexity index is 1040. The van der Waals surface area contributed by atoms with Crippen molar-refractivity contribution in [3.8, 4) is 5.75 Å². The lowest BCUT2D eigenvalue weighted by atomic mass is 9.78. The van der Waals surface area contributed by atoms with Crippen molar-refractivity contribution in [2.75, 3.05) is 6.61 Å². The third kappa shape index (κ3) is 7.36. The van der Waals surface area contributed by atoms with E-state index in [2.05, 4.69) is 43.4 Å². The summed E-state index contributed by atoms with van der Waals surface area (Å²) in [7, 11) is -8.13. The molecule has 1 aromatic rings. The van der Waals surface area contributed by atoms with Crippen molar-refractivity contribution >= 4 is 24.5 Å². The first-order chi connectivity index (χ1) is 15.6. The number of hydrogen-bond donors (Lipinski definition) is 1. The molecule has 0 spiro atoms. The lowest BCUT2D eigenvalue weighted by molar-refractivity contribution is -0.0500. The lowest BCUT2D eigenvalue weighted by Crippen LogP contribution is -2.58. The summed E-state index contributed by atoms with van der Waals surface area (Å²) in [6.45, 7) is 15.5. The molecule has 1 amide bonds. The number of alkyl halides is 3. The quantitative estimate of drug-likeness (QED) is 0.284. The van der Waals surface area contributed by atoms with Gasteiger partial charge in [0.15, 0.2) is 8.32 Å². The minimum absolute atomic E-state index is 0.0136. The number of ether oxygens (including phenoxy) is 1. The zero-order valence-corrected chi connectivity index (χ0v) is 23.4. The van der Waals surface area contributed by atoms with Crippen LogP contribution >= 0.6 is 0 Å². The standard InChI is InChI=1S/C23H36F3NO6SSi/c1-20(2,3)32-19(28)27-22(15-31-35(7,8)21(4,5)6)13-12-16-10-9-11-18(17(16)14-22)33-34(29,30)23(24,25)26/h9-11H,12-15H2,1-8H3,(H,27,28). The summed E-state index contributed by atoms with van der Waals surface area (Å²) in [5, 5.41) is 2.76. The molecule has 0 saturated carbocycles. The molecule has 1 aliphatic rings. The molecule has 1 atom stereocenters. The molecular weight excluding hydrogens is 503 g/mol. The highest BCUT2D eigenvalue weighted by atomic mass is 32.2. The molecule has 35 heavy (non-hydrogen) atoms. The van der Waals surface area contributed by atoms with E-state index in [0.717, 1.165) is 0 Å². The average Bonchev–Trinajstić information content (AvgIpc) is 2.63. The van der Waals surface area contributed by atoms with Gasteiger partial charge >= 0.3 is 21.7 Å². The van der Waals surface area contributed by atoms with Gasteiger partial charge in [-0.1, -0.05) is 32.9 Å². The Morgan fingerprint density at radius 3 is 2.23 bits per heavy atom. The normalized spacial score (nSPS) is 19.6. The average molecular weight is 540 g/mol. The largest absolute Gasteiger partial charge is 0.534 e. The first kappa shape index (κ1) is 29.4. The maximum absolute atomic E-state index is 13.0. The minimum Gasteiger partial charge on any atom is -0.444 e. The predicted molar refractivity (Wildman–Crippen MR) is 129 cm³/mol. The number of carbonyl (C=O) groups is 1.